The molecule has 64 valence electrons. The highest BCUT2D eigenvalue weighted by atomic mass is 32.1. The molecule has 0 aliphatic rings. The summed E-state index contributed by atoms with van der Waals surface area (Å²) in [6.07, 6.45) is 1.82. The number of thiol groups is 1. The molecule has 0 N–H and O–H groups in total. The van der Waals surface area contributed by atoms with Crippen LogP contribution >= 0.6 is 12.6 Å². The maximum atomic E-state index is 4.28. The molecule has 0 saturated carbocycles. The molecule has 1 heterocycles. The lowest BCUT2D eigenvalue weighted by Gasteiger charge is -2.02. The van der Waals surface area contributed by atoms with E-state index in [1.807, 2.05) is 26.1 Å². The Bertz CT molecular complexity index is 311. The molecule has 0 unspecified atom stereocenters. The van der Waals surface area contributed by atoms with Crippen molar-refractivity contribution in [2.24, 2.45) is 0 Å². The van der Waals surface area contributed by atoms with Crippen molar-refractivity contribution in [2.75, 3.05) is 0 Å². The predicted molar refractivity (Wildman–Crippen MR) is 56.2 cm³/mol. The smallest absolute Gasteiger partial charge is 0.0669 e. The highest BCUT2D eigenvalue weighted by Gasteiger charge is 1.98. The van der Waals surface area contributed by atoms with Crippen LogP contribution < -0.4 is 0 Å². The fraction of sp³-hybridized carbons (Fsp3) is 0.300. The first-order valence-electron chi connectivity index (χ1n) is 3.90. The van der Waals surface area contributed by atoms with E-state index >= 15 is 0 Å². The Morgan fingerprint density at radius 3 is 2.58 bits per heavy atom. The zero-order valence-electron chi connectivity index (χ0n) is 7.63. The van der Waals surface area contributed by atoms with Crippen LogP contribution in [0.4, 0.5) is 0 Å². The van der Waals surface area contributed by atoms with Crippen molar-refractivity contribution >= 4 is 18.2 Å². The molecule has 0 aliphatic heterocycles. The molecular formula is C10H13NS. The second kappa shape index (κ2) is 3.76. The van der Waals surface area contributed by atoms with Gasteiger partial charge in [0, 0.05) is 6.20 Å². The van der Waals surface area contributed by atoms with E-state index in [2.05, 4.69) is 30.6 Å². The highest BCUT2D eigenvalue weighted by molar-refractivity contribution is 7.84. The first-order chi connectivity index (χ1) is 5.61. The number of pyridine rings is 1. The third-order valence-corrected chi connectivity index (χ3v) is 2.18. The summed E-state index contributed by atoms with van der Waals surface area (Å²) in [4.78, 5) is 5.28. The van der Waals surface area contributed by atoms with Gasteiger partial charge in [-0.3, -0.25) is 4.98 Å². The van der Waals surface area contributed by atoms with Crippen LogP contribution in [0, 0.1) is 6.92 Å². The molecule has 1 aromatic rings. The number of allylic oxidation sites excluding steroid dienone is 2. The number of nitrogens with zero attached hydrogens (tertiary/aromatic N) is 1. The van der Waals surface area contributed by atoms with Gasteiger partial charge >= 0.3 is 0 Å². The molecule has 1 nitrogen and oxygen atoms in total. The zero-order chi connectivity index (χ0) is 9.14. The summed E-state index contributed by atoms with van der Waals surface area (Å²) in [5, 5.41) is 0. The van der Waals surface area contributed by atoms with Crippen molar-refractivity contribution in [3.63, 3.8) is 0 Å². The molecule has 0 bridgehead atoms. The van der Waals surface area contributed by atoms with E-state index in [1.165, 1.54) is 5.56 Å². The zero-order valence-corrected chi connectivity index (χ0v) is 8.52. The molecule has 0 aliphatic carbocycles. The van der Waals surface area contributed by atoms with Gasteiger partial charge in [-0.05, 0) is 48.9 Å². The van der Waals surface area contributed by atoms with Gasteiger partial charge in [-0.1, -0.05) is 0 Å². The Morgan fingerprint density at radius 1 is 1.42 bits per heavy atom. The molecule has 0 atom stereocenters. The molecule has 0 aromatic carbocycles. The SMILES string of the molecule is C/C(S)=C(\C)c1cc(C)ccn1. The number of rotatable bonds is 1. The lowest BCUT2D eigenvalue weighted by atomic mass is 10.1. The van der Waals surface area contributed by atoms with Gasteiger partial charge in [-0.15, -0.1) is 12.6 Å². The Hall–Kier alpha value is -0.760. The summed E-state index contributed by atoms with van der Waals surface area (Å²) in [7, 11) is 0. The Labute approximate surface area is 78.9 Å². The van der Waals surface area contributed by atoms with Crippen molar-refractivity contribution in [2.45, 2.75) is 20.8 Å². The fourth-order valence-corrected chi connectivity index (χ4v) is 1.04. The summed E-state index contributed by atoms with van der Waals surface area (Å²) in [6, 6.07) is 4.06. The van der Waals surface area contributed by atoms with E-state index in [4.69, 9.17) is 0 Å². The average molecular weight is 179 g/mol. The minimum atomic E-state index is 1.02. The number of hydrogen-bond donors (Lipinski definition) is 1. The summed E-state index contributed by atoms with van der Waals surface area (Å²) in [5.41, 5.74) is 3.39. The third kappa shape index (κ3) is 2.11. The van der Waals surface area contributed by atoms with Gasteiger partial charge in [-0.25, -0.2) is 0 Å². The molecular weight excluding hydrogens is 166 g/mol. The van der Waals surface area contributed by atoms with Crippen LogP contribution in [0.25, 0.3) is 5.57 Å². The predicted octanol–water partition coefficient (Wildman–Crippen LogP) is 3.07. The minimum Gasteiger partial charge on any atom is -0.257 e. The van der Waals surface area contributed by atoms with Crippen LogP contribution in [0.5, 0.6) is 0 Å². The Morgan fingerprint density at radius 2 is 2.08 bits per heavy atom. The molecule has 1 aromatic heterocycles. The van der Waals surface area contributed by atoms with Crippen LogP contribution in [-0.2, 0) is 0 Å². The van der Waals surface area contributed by atoms with Crippen molar-refractivity contribution < 1.29 is 0 Å². The molecule has 1 rings (SSSR count). The van der Waals surface area contributed by atoms with E-state index in [1.54, 1.807) is 0 Å². The van der Waals surface area contributed by atoms with Gasteiger partial charge in [0.05, 0.1) is 5.69 Å². The van der Waals surface area contributed by atoms with Gasteiger partial charge in [0.25, 0.3) is 0 Å². The largest absolute Gasteiger partial charge is 0.257 e. The second-order valence-electron chi connectivity index (χ2n) is 2.93. The summed E-state index contributed by atoms with van der Waals surface area (Å²) in [6.45, 7) is 6.07. The summed E-state index contributed by atoms with van der Waals surface area (Å²) in [5.74, 6) is 0. The molecule has 0 saturated heterocycles. The number of hydrogen-bond acceptors (Lipinski definition) is 2. The van der Waals surface area contributed by atoms with Gasteiger partial charge in [0.1, 0.15) is 0 Å². The first-order valence-corrected chi connectivity index (χ1v) is 4.35. The monoisotopic (exact) mass is 179 g/mol. The van der Waals surface area contributed by atoms with Gasteiger partial charge in [0.15, 0.2) is 0 Å². The second-order valence-corrected chi connectivity index (χ2v) is 3.60. The average Bonchev–Trinajstić information content (AvgIpc) is 2.03. The van der Waals surface area contributed by atoms with Crippen molar-refractivity contribution in [3.05, 3.63) is 34.5 Å². The number of aromatic nitrogens is 1. The minimum absolute atomic E-state index is 1.02. The van der Waals surface area contributed by atoms with Crippen LogP contribution in [0.2, 0.25) is 0 Å². The van der Waals surface area contributed by atoms with Crippen LogP contribution in [0.1, 0.15) is 25.1 Å². The van der Waals surface area contributed by atoms with E-state index in [-0.39, 0.29) is 0 Å². The van der Waals surface area contributed by atoms with Crippen molar-refractivity contribution in [1.82, 2.24) is 4.98 Å². The first kappa shape index (κ1) is 9.33. The summed E-state index contributed by atoms with van der Waals surface area (Å²) >= 11 is 4.28. The van der Waals surface area contributed by atoms with E-state index in [9.17, 15) is 0 Å². The van der Waals surface area contributed by atoms with Crippen LogP contribution in [0.3, 0.4) is 0 Å². The maximum Gasteiger partial charge on any atom is 0.0669 e. The molecule has 0 spiro atoms. The third-order valence-electron chi connectivity index (χ3n) is 1.84. The molecule has 0 fully saturated rings. The van der Waals surface area contributed by atoms with E-state index in [0.29, 0.717) is 0 Å². The standard InChI is InChI=1S/C10H13NS/c1-7-4-5-11-10(6-7)8(2)9(3)12/h4-6,12H,1-3H3/b9-8-. The van der Waals surface area contributed by atoms with Crippen LogP contribution in [0.15, 0.2) is 23.2 Å². The molecule has 0 radical (unpaired) electrons. The van der Waals surface area contributed by atoms with Gasteiger partial charge < -0.3 is 0 Å². The number of aryl methyl sites for hydroxylation is 1. The fourth-order valence-electron chi connectivity index (χ4n) is 0.927. The quantitative estimate of drug-likeness (QED) is 0.654. The van der Waals surface area contributed by atoms with Crippen molar-refractivity contribution in [1.29, 1.82) is 0 Å². The topological polar surface area (TPSA) is 12.9 Å². The van der Waals surface area contributed by atoms with E-state index in [0.717, 1.165) is 16.2 Å². The normalized spacial score (nSPS) is 12.7. The lowest BCUT2D eigenvalue weighted by Crippen LogP contribution is -1.87. The van der Waals surface area contributed by atoms with E-state index < -0.39 is 0 Å². The Balaban J connectivity index is 3.13. The molecule has 0 amide bonds. The lowest BCUT2D eigenvalue weighted by molar-refractivity contribution is 1.23. The van der Waals surface area contributed by atoms with Crippen molar-refractivity contribution in [3.8, 4) is 0 Å². The van der Waals surface area contributed by atoms with Crippen LogP contribution in [-0.4, -0.2) is 4.98 Å². The molecule has 2 heteroatoms. The van der Waals surface area contributed by atoms with Gasteiger partial charge in [0.2, 0.25) is 0 Å². The Kier molecular flexibility index (Phi) is 2.93. The van der Waals surface area contributed by atoms with Gasteiger partial charge in [-0.2, -0.15) is 0 Å². The maximum absolute atomic E-state index is 4.28. The molecule has 12 heavy (non-hydrogen) atoms. The highest BCUT2D eigenvalue weighted by Crippen LogP contribution is 2.18. The summed E-state index contributed by atoms with van der Waals surface area (Å²) < 4.78 is 0.